The van der Waals surface area contributed by atoms with Crippen LogP contribution in [0, 0.1) is 11.3 Å². The Morgan fingerprint density at radius 1 is 0.447 bits per heavy atom. The molecule has 7 rings (SSSR count). The molecule has 0 saturated carbocycles. The molecule has 0 spiro atoms. The molecule has 0 radical (unpaired) electrons. The first-order chi connectivity index (χ1) is 23.3. The number of para-hydroxylation sites is 2. The van der Waals surface area contributed by atoms with Crippen LogP contribution in [0.1, 0.15) is 11.1 Å². The summed E-state index contributed by atoms with van der Waals surface area (Å²) >= 11 is 0. The van der Waals surface area contributed by atoms with E-state index in [0.29, 0.717) is 5.57 Å². The standard InChI is InChI=1S/C45H32N2/c46-33-39(44-32-38(35-15-5-1-6-16-35)27-30-42(44)36-17-7-2-8-18-36)31-34-25-28-41(29-26-34)47(40-21-11-4-12-22-40)45-24-14-13-23-43(45)37-19-9-3-10-20-37/h1-32H. The predicted octanol–water partition coefficient (Wildman–Crippen LogP) is 12.2. The van der Waals surface area contributed by atoms with Crippen molar-refractivity contribution in [3.8, 4) is 39.4 Å². The summed E-state index contributed by atoms with van der Waals surface area (Å²) in [5.74, 6) is 0. The van der Waals surface area contributed by atoms with Gasteiger partial charge in [0.05, 0.1) is 17.3 Å². The number of hydrogen-bond donors (Lipinski definition) is 0. The molecule has 0 heterocycles. The lowest BCUT2D eigenvalue weighted by atomic mass is 9.90. The Morgan fingerprint density at radius 2 is 0.957 bits per heavy atom. The number of nitrogens with zero attached hydrogens (tertiary/aromatic N) is 2. The molecule has 0 aromatic heterocycles. The monoisotopic (exact) mass is 600 g/mol. The Labute approximate surface area is 276 Å². The summed E-state index contributed by atoms with van der Waals surface area (Å²) < 4.78 is 0. The van der Waals surface area contributed by atoms with Crippen LogP contribution in [0.2, 0.25) is 0 Å². The van der Waals surface area contributed by atoms with Crippen molar-refractivity contribution < 1.29 is 0 Å². The van der Waals surface area contributed by atoms with E-state index in [-0.39, 0.29) is 0 Å². The van der Waals surface area contributed by atoms with Crippen LogP contribution in [0.25, 0.3) is 45.0 Å². The van der Waals surface area contributed by atoms with Gasteiger partial charge in [0, 0.05) is 22.5 Å². The molecule has 47 heavy (non-hydrogen) atoms. The van der Waals surface area contributed by atoms with Crippen molar-refractivity contribution in [3.05, 3.63) is 199 Å². The van der Waals surface area contributed by atoms with E-state index >= 15 is 0 Å². The van der Waals surface area contributed by atoms with Crippen molar-refractivity contribution in [1.82, 2.24) is 0 Å². The van der Waals surface area contributed by atoms with Crippen molar-refractivity contribution >= 4 is 28.7 Å². The molecule has 222 valence electrons. The fourth-order valence-electron chi connectivity index (χ4n) is 6.04. The van der Waals surface area contributed by atoms with Crippen LogP contribution in [0.5, 0.6) is 0 Å². The molecular formula is C45H32N2. The molecule has 0 aliphatic carbocycles. The van der Waals surface area contributed by atoms with E-state index in [2.05, 4.69) is 150 Å². The Balaban J connectivity index is 1.31. The predicted molar refractivity (Wildman–Crippen MR) is 197 cm³/mol. The first kappa shape index (κ1) is 29.3. The smallest absolute Gasteiger partial charge is 0.0998 e. The third kappa shape index (κ3) is 6.38. The topological polar surface area (TPSA) is 27.0 Å². The fourth-order valence-corrected chi connectivity index (χ4v) is 6.04. The van der Waals surface area contributed by atoms with E-state index in [0.717, 1.165) is 61.6 Å². The zero-order valence-electron chi connectivity index (χ0n) is 25.9. The number of benzene rings is 7. The van der Waals surface area contributed by atoms with Crippen molar-refractivity contribution in [2.75, 3.05) is 4.90 Å². The van der Waals surface area contributed by atoms with Gasteiger partial charge in [-0.1, -0.05) is 152 Å². The van der Waals surface area contributed by atoms with Crippen molar-refractivity contribution in [2.24, 2.45) is 0 Å². The van der Waals surface area contributed by atoms with Gasteiger partial charge in [-0.3, -0.25) is 0 Å². The van der Waals surface area contributed by atoms with E-state index in [9.17, 15) is 5.26 Å². The Hall–Kier alpha value is -6.43. The summed E-state index contributed by atoms with van der Waals surface area (Å²) in [6, 6.07) is 67.4. The lowest BCUT2D eigenvalue weighted by Crippen LogP contribution is -2.11. The van der Waals surface area contributed by atoms with Crippen LogP contribution >= 0.6 is 0 Å². The zero-order valence-corrected chi connectivity index (χ0v) is 25.9. The van der Waals surface area contributed by atoms with Gasteiger partial charge in [-0.15, -0.1) is 0 Å². The zero-order chi connectivity index (χ0) is 31.8. The van der Waals surface area contributed by atoms with Gasteiger partial charge in [0.15, 0.2) is 0 Å². The largest absolute Gasteiger partial charge is 0.310 e. The van der Waals surface area contributed by atoms with E-state index in [4.69, 9.17) is 0 Å². The molecule has 7 aromatic rings. The van der Waals surface area contributed by atoms with Crippen LogP contribution < -0.4 is 4.90 Å². The van der Waals surface area contributed by atoms with Crippen molar-refractivity contribution in [1.29, 1.82) is 5.26 Å². The highest BCUT2D eigenvalue weighted by Gasteiger charge is 2.17. The maximum Gasteiger partial charge on any atom is 0.0998 e. The molecule has 2 nitrogen and oxygen atoms in total. The van der Waals surface area contributed by atoms with Gasteiger partial charge < -0.3 is 4.90 Å². The minimum absolute atomic E-state index is 0.615. The average Bonchev–Trinajstić information content (AvgIpc) is 3.16. The second-order valence-electron chi connectivity index (χ2n) is 11.3. The second kappa shape index (κ2) is 13.7. The summed E-state index contributed by atoms with van der Waals surface area (Å²) in [6.07, 6.45) is 1.99. The number of allylic oxidation sites excluding steroid dienone is 1. The molecule has 7 aromatic carbocycles. The maximum atomic E-state index is 10.5. The second-order valence-corrected chi connectivity index (χ2v) is 11.3. The van der Waals surface area contributed by atoms with Crippen LogP contribution in [-0.2, 0) is 0 Å². The first-order valence-electron chi connectivity index (χ1n) is 15.8. The van der Waals surface area contributed by atoms with E-state index in [1.165, 1.54) is 0 Å². The van der Waals surface area contributed by atoms with E-state index < -0.39 is 0 Å². The summed E-state index contributed by atoms with van der Waals surface area (Å²) in [5, 5.41) is 10.5. The highest BCUT2D eigenvalue weighted by Crippen LogP contribution is 2.41. The molecule has 0 amide bonds. The van der Waals surface area contributed by atoms with Gasteiger partial charge in [-0.25, -0.2) is 0 Å². The highest BCUT2D eigenvalue weighted by atomic mass is 15.1. The van der Waals surface area contributed by atoms with Gasteiger partial charge in [-0.2, -0.15) is 5.26 Å². The molecule has 0 aliphatic rings. The minimum atomic E-state index is 0.615. The van der Waals surface area contributed by atoms with Gasteiger partial charge in [0.25, 0.3) is 0 Å². The molecule has 0 fully saturated rings. The van der Waals surface area contributed by atoms with Crippen LogP contribution in [0.3, 0.4) is 0 Å². The maximum absolute atomic E-state index is 10.5. The molecule has 0 N–H and O–H groups in total. The van der Waals surface area contributed by atoms with E-state index in [1.807, 2.05) is 54.6 Å². The van der Waals surface area contributed by atoms with Crippen LogP contribution in [0.15, 0.2) is 188 Å². The molecule has 0 bridgehead atoms. The fraction of sp³-hybridized carbons (Fsp3) is 0. The lowest BCUT2D eigenvalue weighted by Gasteiger charge is -2.28. The highest BCUT2D eigenvalue weighted by molar-refractivity contribution is 5.97. The van der Waals surface area contributed by atoms with Gasteiger partial charge in [-0.05, 0) is 75.9 Å². The SMILES string of the molecule is N#CC(=Cc1ccc(N(c2ccccc2)c2ccccc2-c2ccccc2)cc1)c1cc(-c2ccccc2)ccc1-c1ccccc1. The Bertz CT molecular complexity index is 2160. The number of nitriles is 1. The minimum Gasteiger partial charge on any atom is -0.310 e. The molecule has 0 atom stereocenters. The molecule has 2 heteroatoms. The summed E-state index contributed by atoms with van der Waals surface area (Å²) in [5.41, 5.74) is 12.3. The normalized spacial score (nSPS) is 11.1. The Kier molecular flexibility index (Phi) is 8.53. The number of rotatable bonds is 8. The quantitative estimate of drug-likeness (QED) is 0.128. The molecular weight excluding hydrogens is 569 g/mol. The lowest BCUT2D eigenvalue weighted by molar-refractivity contribution is 1.28. The van der Waals surface area contributed by atoms with Crippen LogP contribution in [-0.4, -0.2) is 0 Å². The van der Waals surface area contributed by atoms with Crippen molar-refractivity contribution in [2.45, 2.75) is 0 Å². The summed E-state index contributed by atoms with van der Waals surface area (Å²) in [6.45, 7) is 0. The Morgan fingerprint density at radius 3 is 1.57 bits per heavy atom. The summed E-state index contributed by atoms with van der Waals surface area (Å²) in [7, 11) is 0. The van der Waals surface area contributed by atoms with Gasteiger partial charge >= 0.3 is 0 Å². The van der Waals surface area contributed by atoms with E-state index in [1.54, 1.807) is 0 Å². The number of hydrogen-bond acceptors (Lipinski definition) is 2. The molecule has 0 aliphatic heterocycles. The summed E-state index contributed by atoms with van der Waals surface area (Å²) in [4.78, 5) is 2.29. The van der Waals surface area contributed by atoms with Gasteiger partial charge in [0.2, 0.25) is 0 Å². The first-order valence-corrected chi connectivity index (χ1v) is 15.8. The van der Waals surface area contributed by atoms with Gasteiger partial charge in [0.1, 0.15) is 0 Å². The number of anilines is 3. The van der Waals surface area contributed by atoms with Crippen molar-refractivity contribution in [3.63, 3.8) is 0 Å². The average molecular weight is 601 g/mol. The third-order valence-corrected chi connectivity index (χ3v) is 8.33. The molecule has 0 saturated heterocycles. The molecule has 0 unspecified atom stereocenters. The van der Waals surface area contributed by atoms with Crippen LogP contribution in [0.4, 0.5) is 17.1 Å². The third-order valence-electron chi connectivity index (χ3n) is 8.33.